The van der Waals surface area contributed by atoms with Gasteiger partial charge in [-0.15, -0.1) is 0 Å². The standard InChI is InChI=1S/C25H21F3N6O5S/c1-40(37,38)11-19(35)31-21-20(18-5-2-14(9-29)10-30-18)33-34-12-24(32-23(36)22(21)34)7-6-15-8-16(3-4-17(15)24)39-13-25(26,27)28/h2-5,8,10H,6-7,11-13H2,1H3,(H,31,35)(H,32,36)/t24-/m0/s1. The number of carbonyl (C=O) groups excluding carboxylic acids is 2. The summed E-state index contributed by atoms with van der Waals surface area (Å²) >= 11 is 0. The summed E-state index contributed by atoms with van der Waals surface area (Å²) in [4.78, 5) is 30.3. The lowest BCUT2D eigenvalue weighted by Gasteiger charge is -2.36. The molecule has 0 fully saturated rings. The fourth-order valence-corrected chi connectivity index (χ4v) is 5.51. The first-order valence-electron chi connectivity index (χ1n) is 11.9. The summed E-state index contributed by atoms with van der Waals surface area (Å²) in [7, 11) is -3.68. The summed E-state index contributed by atoms with van der Waals surface area (Å²) in [6.07, 6.45) is -1.41. The van der Waals surface area contributed by atoms with E-state index in [-0.39, 0.29) is 40.6 Å². The molecule has 0 bridgehead atoms. The van der Waals surface area contributed by atoms with Crippen LogP contribution < -0.4 is 15.4 Å². The van der Waals surface area contributed by atoms with Crippen molar-refractivity contribution in [2.75, 3.05) is 23.9 Å². The molecule has 3 heterocycles. The Morgan fingerprint density at radius 1 is 1.30 bits per heavy atom. The van der Waals surface area contributed by atoms with Crippen molar-refractivity contribution in [2.24, 2.45) is 0 Å². The van der Waals surface area contributed by atoms with Gasteiger partial charge in [-0.25, -0.2) is 8.42 Å². The van der Waals surface area contributed by atoms with Crippen molar-refractivity contribution in [1.29, 1.82) is 5.26 Å². The summed E-state index contributed by atoms with van der Waals surface area (Å²) < 4.78 is 67.4. The number of rotatable bonds is 6. The average molecular weight is 575 g/mol. The molecule has 5 rings (SSSR count). The predicted octanol–water partition coefficient (Wildman–Crippen LogP) is 2.33. The van der Waals surface area contributed by atoms with Gasteiger partial charge in [-0.3, -0.25) is 19.3 Å². The highest BCUT2D eigenvalue weighted by Gasteiger charge is 2.46. The topological polar surface area (TPSA) is 156 Å². The molecule has 0 unspecified atom stereocenters. The normalized spacial score (nSPS) is 18.0. The predicted molar refractivity (Wildman–Crippen MR) is 134 cm³/mol. The van der Waals surface area contributed by atoms with Crippen LogP contribution in [0.4, 0.5) is 18.9 Å². The van der Waals surface area contributed by atoms with Gasteiger partial charge in [0.15, 0.2) is 22.1 Å². The largest absolute Gasteiger partial charge is 0.484 e. The summed E-state index contributed by atoms with van der Waals surface area (Å²) in [6.45, 7) is -1.31. The molecule has 15 heteroatoms. The van der Waals surface area contributed by atoms with Crippen LogP contribution >= 0.6 is 0 Å². The van der Waals surface area contributed by atoms with Crippen LogP contribution in [0.25, 0.3) is 11.4 Å². The van der Waals surface area contributed by atoms with E-state index >= 15 is 0 Å². The number of carbonyl (C=O) groups is 2. The number of halogens is 3. The first-order valence-corrected chi connectivity index (χ1v) is 13.9. The van der Waals surface area contributed by atoms with Crippen LogP contribution in [-0.4, -0.2) is 59.8 Å². The molecule has 208 valence electrons. The number of alkyl halides is 3. The van der Waals surface area contributed by atoms with Crippen molar-refractivity contribution in [1.82, 2.24) is 20.1 Å². The van der Waals surface area contributed by atoms with Gasteiger partial charge in [0.25, 0.3) is 5.91 Å². The Bertz CT molecular complexity index is 1680. The zero-order chi connectivity index (χ0) is 28.9. The number of fused-ring (bicyclic) bond motifs is 3. The van der Waals surface area contributed by atoms with E-state index in [4.69, 9.17) is 10.00 Å². The second-order valence-corrected chi connectivity index (χ2v) is 11.8. The van der Waals surface area contributed by atoms with Gasteiger partial charge in [-0.05, 0) is 48.2 Å². The van der Waals surface area contributed by atoms with Gasteiger partial charge in [0, 0.05) is 12.5 Å². The molecule has 11 nitrogen and oxygen atoms in total. The van der Waals surface area contributed by atoms with Crippen molar-refractivity contribution in [3.8, 4) is 23.2 Å². The highest BCUT2D eigenvalue weighted by atomic mass is 32.2. The lowest BCUT2D eigenvalue weighted by Crippen LogP contribution is -2.52. The maximum atomic E-state index is 13.5. The van der Waals surface area contributed by atoms with E-state index in [9.17, 15) is 31.2 Å². The molecule has 2 aliphatic rings. The maximum Gasteiger partial charge on any atom is 0.422 e. The number of aryl methyl sites for hydroxylation is 1. The van der Waals surface area contributed by atoms with E-state index in [2.05, 4.69) is 20.7 Å². The van der Waals surface area contributed by atoms with Crippen LogP contribution in [0.5, 0.6) is 5.75 Å². The molecule has 0 saturated heterocycles. The summed E-state index contributed by atoms with van der Waals surface area (Å²) in [5.41, 5.74) is 1.02. The molecule has 1 spiro atoms. The van der Waals surface area contributed by atoms with Gasteiger partial charge in [-0.1, -0.05) is 6.07 Å². The summed E-state index contributed by atoms with van der Waals surface area (Å²) in [5.74, 6) is -2.24. The molecule has 0 saturated carbocycles. The Balaban J connectivity index is 1.53. The fourth-order valence-electron chi connectivity index (χ4n) is 4.97. The average Bonchev–Trinajstić information content (AvgIpc) is 3.39. The van der Waals surface area contributed by atoms with E-state index in [1.807, 2.05) is 6.07 Å². The Labute approximate surface area is 225 Å². The molecule has 0 radical (unpaired) electrons. The second-order valence-electron chi connectivity index (χ2n) is 9.65. The number of nitrogens with one attached hydrogen (secondary N) is 2. The number of nitriles is 1. The molecule has 2 N–H and O–H groups in total. The number of anilines is 1. The number of benzene rings is 1. The summed E-state index contributed by atoms with van der Waals surface area (Å²) in [6, 6.07) is 9.45. The van der Waals surface area contributed by atoms with Crippen LogP contribution in [0.15, 0.2) is 36.5 Å². The lowest BCUT2D eigenvalue weighted by molar-refractivity contribution is -0.153. The number of amides is 2. The van der Waals surface area contributed by atoms with Gasteiger partial charge in [0.2, 0.25) is 5.91 Å². The van der Waals surface area contributed by atoms with Gasteiger partial charge in [-0.2, -0.15) is 23.5 Å². The molecule has 1 aliphatic heterocycles. The van der Waals surface area contributed by atoms with Crippen LogP contribution in [0.3, 0.4) is 0 Å². The van der Waals surface area contributed by atoms with Crippen molar-refractivity contribution >= 4 is 27.3 Å². The molecule has 40 heavy (non-hydrogen) atoms. The van der Waals surface area contributed by atoms with Gasteiger partial charge < -0.3 is 15.4 Å². The quantitative estimate of drug-likeness (QED) is 0.454. The van der Waals surface area contributed by atoms with E-state index in [1.54, 1.807) is 6.07 Å². The van der Waals surface area contributed by atoms with E-state index in [1.165, 1.54) is 35.1 Å². The second kappa shape index (κ2) is 9.63. The first kappa shape index (κ1) is 27.1. The molecular weight excluding hydrogens is 553 g/mol. The number of hydrogen-bond donors (Lipinski definition) is 2. The number of nitrogens with zero attached hydrogens (tertiary/aromatic N) is 4. The van der Waals surface area contributed by atoms with Gasteiger partial charge >= 0.3 is 6.18 Å². The van der Waals surface area contributed by atoms with Crippen molar-refractivity contribution in [2.45, 2.75) is 31.1 Å². The number of ether oxygens (including phenoxy) is 1. The molecule has 1 aromatic carbocycles. The molecule has 2 aromatic heterocycles. The van der Waals surface area contributed by atoms with Gasteiger partial charge in [0.05, 0.1) is 23.3 Å². The minimum absolute atomic E-state index is 0.0211. The number of hydrogen-bond acceptors (Lipinski definition) is 8. The fraction of sp³-hybridized carbons (Fsp3) is 0.320. The van der Waals surface area contributed by atoms with Crippen molar-refractivity contribution in [3.05, 3.63) is 58.9 Å². The van der Waals surface area contributed by atoms with Crippen LogP contribution in [0, 0.1) is 11.3 Å². The number of sulfone groups is 1. The zero-order valence-corrected chi connectivity index (χ0v) is 21.7. The maximum absolute atomic E-state index is 13.5. The monoisotopic (exact) mass is 574 g/mol. The minimum Gasteiger partial charge on any atom is -0.484 e. The van der Waals surface area contributed by atoms with Gasteiger partial charge in [0.1, 0.15) is 29.0 Å². The number of aromatic nitrogens is 3. The molecular formula is C25H21F3N6O5S. The minimum atomic E-state index is -4.48. The first-order chi connectivity index (χ1) is 18.8. The van der Waals surface area contributed by atoms with Crippen molar-refractivity contribution in [3.63, 3.8) is 0 Å². The van der Waals surface area contributed by atoms with E-state index < -0.39 is 45.7 Å². The third-order valence-electron chi connectivity index (χ3n) is 6.55. The Hall–Kier alpha value is -4.45. The Kier molecular flexibility index (Phi) is 6.53. The third kappa shape index (κ3) is 5.34. The third-order valence-corrected chi connectivity index (χ3v) is 7.34. The van der Waals surface area contributed by atoms with Crippen LogP contribution in [-0.2, 0) is 33.1 Å². The van der Waals surface area contributed by atoms with Crippen LogP contribution in [0.1, 0.15) is 33.6 Å². The summed E-state index contributed by atoms with van der Waals surface area (Å²) in [5, 5.41) is 19.1. The lowest BCUT2D eigenvalue weighted by atomic mass is 9.89. The molecule has 3 aromatic rings. The van der Waals surface area contributed by atoms with E-state index in [0.29, 0.717) is 24.0 Å². The molecule has 1 aliphatic carbocycles. The highest BCUT2D eigenvalue weighted by Crippen LogP contribution is 2.43. The Morgan fingerprint density at radius 2 is 2.08 bits per heavy atom. The highest BCUT2D eigenvalue weighted by molar-refractivity contribution is 7.91. The molecule has 1 atom stereocenters. The number of pyridine rings is 1. The van der Waals surface area contributed by atoms with Crippen molar-refractivity contribution < 1.29 is 35.9 Å². The van der Waals surface area contributed by atoms with Crippen LogP contribution in [0.2, 0.25) is 0 Å². The Morgan fingerprint density at radius 3 is 2.73 bits per heavy atom. The van der Waals surface area contributed by atoms with E-state index in [0.717, 1.165) is 6.26 Å². The smallest absolute Gasteiger partial charge is 0.422 e. The molecule has 2 amide bonds. The SMILES string of the molecule is CS(=O)(=O)CC(=O)Nc1c(-c2ccc(C#N)cn2)nn2c1C(=O)N[C@@]1(CCc3cc(OCC(F)(F)F)ccc31)C2. The zero-order valence-electron chi connectivity index (χ0n) is 20.9.